The summed E-state index contributed by atoms with van der Waals surface area (Å²) in [5, 5.41) is 8.46. The van der Waals surface area contributed by atoms with Crippen LogP contribution in [0.3, 0.4) is 0 Å². The number of carboxylic acid groups (broad SMARTS) is 1. The van der Waals surface area contributed by atoms with E-state index in [0.717, 1.165) is 5.56 Å². The molecule has 0 aromatic heterocycles. The van der Waals surface area contributed by atoms with Crippen LogP contribution in [-0.2, 0) is 21.6 Å². The van der Waals surface area contributed by atoms with Gasteiger partial charge in [0.05, 0.1) is 19.6 Å². The molecule has 0 saturated carbocycles. The average molecular weight is 236 g/mol. The Morgan fingerprint density at radius 1 is 1.24 bits per heavy atom. The van der Waals surface area contributed by atoms with Gasteiger partial charge in [-0.3, -0.25) is 4.79 Å². The highest BCUT2D eigenvalue weighted by Gasteiger charge is 2.12. The van der Waals surface area contributed by atoms with Gasteiger partial charge in [0.2, 0.25) is 0 Å². The van der Waals surface area contributed by atoms with Crippen molar-refractivity contribution in [1.29, 1.82) is 0 Å². The summed E-state index contributed by atoms with van der Waals surface area (Å²) in [6, 6.07) is 8.24. The lowest BCUT2D eigenvalue weighted by Gasteiger charge is -2.19. The maximum absolute atomic E-state index is 10.3. The van der Waals surface area contributed by atoms with E-state index >= 15 is 0 Å². The third-order valence-corrected chi connectivity index (χ3v) is 2.55. The van der Waals surface area contributed by atoms with E-state index in [2.05, 4.69) is 32.9 Å². The highest BCUT2D eigenvalue weighted by atomic mass is 16.5. The van der Waals surface area contributed by atoms with Gasteiger partial charge in [-0.15, -0.1) is 0 Å². The summed E-state index contributed by atoms with van der Waals surface area (Å²) < 4.78 is 5.28. The molecule has 1 aromatic rings. The number of hydrogen-bond acceptors (Lipinski definition) is 2. The predicted molar refractivity (Wildman–Crippen MR) is 67.1 cm³/mol. The Morgan fingerprint density at radius 3 is 2.29 bits per heavy atom. The fourth-order valence-corrected chi connectivity index (χ4v) is 1.45. The van der Waals surface area contributed by atoms with Crippen LogP contribution in [0.5, 0.6) is 0 Å². The van der Waals surface area contributed by atoms with Gasteiger partial charge in [-0.2, -0.15) is 0 Å². The van der Waals surface area contributed by atoms with Crippen LogP contribution < -0.4 is 0 Å². The molecule has 0 amide bonds. The first-order valence-corrected chi connectivity index (χ1v) is 5.78. The highest BCUT2D eigenvalue weighted by molar-refractivity contribution is 5.66. The van der Waals surface area contributed by atoms with Gasteiger partial charge in [0.15, 0.2) is 0 Å². The van der Waals surface area contributed by atoms with E-state index in [4.69, 9.17) is 9.84 Å². The number of rotatable bonds is 5. The summed E-state index contributed by atoms with van der Waals surface area (Å²) in [5.41, 5.74) is 2.51. The minimum atomic E-state index is -0.826. The van der Waals surface area contributed by atoms with Gasteiger partial charge in [0, 0.05) is 0 Å². The van der Waals surface area contributed by atoms with Gasteiger partial charge in [-0.25, -0.2) is 0 Å². The molecule has 3 heteroatoms. The summed E-state index contributed by atoms with van der Waals surface area (Å²) >= 11 is 0. The Hall–Kier alpha value is -1.35. The normalized spacial score (nSPS) is 11.5. The summed E-state index contributed by atoms with van der Waals surface area (Å²) in [5.74, 6) is -0.826. The fraction of sp³-hybridized carbons (Fsp3) is 0.500. The van der Waals surface area contributed by atoms with Gasteiger partial charge < -0.3 is 9.84 Å². The average Bonchev–Trinajstić information content (AvgIpc) is 2.23. The lowest BCUT2D eigenvalue weighted by atomic mass is 9.87. The van der Waals surface area contributed by atoms with Crippen LogP contribution in [0.2, 0.25) is 0 Å². The first-order chi connectivity index (χ1) is 7.89. The van der Waals surface area contributed by atoms with Crippen molar-refractivity contribution in [3.63, 3.8) is 0 Å². The van der Waals surface area contributed by atoms with Crippen molar-refractivity contribution in [1.82, 2.24) is 0 Å². The van der Waals surface area contributed by atoms with Gasteiger partial charge in [0.25, 0.3) is 0 Å². The predicted octanol–water partition coefficient (Wildman–Crippen LogP) is 2.98. The smallest absolute Gasteiger partial charge is 0.305 e. The third-order valence-electron chi connectivity index (χ3n) is 2.55. The van der Waals surface area contributed by atoms with Crippen molar-refractivity contribution in [3.05, 3.63) is 35.4 Å². The zero-order valence-corrected chi connectivity index (χ0v) is 10.7. The molecule has 0 bridgehead atoms. The molecule has 94 valence electrons. The second-order valence-electron chi connectivity index (χ2n) is 5.14. The summed E-state index contributed by atoms with van der Waals surface area (Å²) in [4.78, 5) is 10.3. The van der Waals surface area contributed by atoms with Crippen LogP contribution in [0.1, 0.15) is 38.3 Å². The SMILES string of the molecule is CC(C)(C)c1ccc(COCCC(=O)O)cc1. The van der Waals surface area contributed by atoms with Crippen LogP contribution in [0.15, 0.2) is 24.3 Å². The second-order valence-corrected chi connectivity index (χ2v) is 5.14. The molecule has 1 rings (SSSR count). The topological polar surface area (TPSA) is 46.5 Å². The van der Waals surface area contributed by atoms with E-state index in [0.29, 0.717) is 6.61 Å². The first kappa shape index (κ1) is 13.7. The van der Waals surface area contributed by atoms with E-state index in [1.54, 1.807) is 0 Å². The van der Waals surface area contributed by atoms with Gasteiger partial charge in [0.1, 0.15) is 0 Å². The fourth-order valence-electron chi connectivity index (χ4n) is 1.45. The number of carboxylic acids is 1. The maximum atomic E-state index is 10.3. The van der Waals surface area contributed by atoms with E-state index in [9.17, 15) is 4.79 Å². The molecular formula is C14H20O3. The zero-order chi connectivity index (χ0) is 12.9. The molecule has 0 fully saturated rings. The molecule has 17 heavy (non-hydrogen) atoms. The second kappa shape index (κ2) is 5.82. The zero-order valence-electron chi connectivity index (χ0n) is 10.7. The molecule has 0 saturated heterocycles. The minimum absolute atomic E-state index is 0.0556. The monoisotopic (exact) mass is 236 g/mol. The van der Waals surface area contributed by atoms with Crippen LogP contribution in [0, 0.1) is 0 Å². The third kappa shape index (κ3) is 5.00. The molecule has 0 heterocycles. The van der Waals surface area contributed by atoms with E-state index in [1.165, 1.54) is 5.56 Å². The Labute approximate surface area is 102 Å². The number of ether oxygens (including phenoxy) is 1. The van der Waals surface area contributed by atoms with Crippen molar-refractivity contribution in [2.75, 3.05) is 6.61 Å². The van der Waals surface area contributed by atoms with Crippen molar-refractivity contribution in [2.24, 2.45) is 0 Å². The molecule has 1 N–H and O–H groups in total. The quantitative estimate of drug-likeness (QED) is 0.799. The highest BCUT2D eigenvalue weighted by Crippen LogP contribution is 2.22. The standard InChI is InChI=1S/C14H20O3/c1-14(2,3)12-6-4-11(5-7-12)10-17-9-8-13(15)16/h4-7H,8-10H2,1-3H3,(H,15,16). The van der Waals surface area contributed by atoms with Crippen LogP contribution in [-0.4, -0.2) is 17.7 Å². The summed E-state index contributed by atoms with van der Waals surface area (Å²) in [6.07, 6.45) is 0.0556. The summed E-state index contributed by atoms with van der Waals surface area (Å²) in [6.45, 7) is 7.25. The minimum Gasteiger partial charge on any atom is -0.481 e. The largest absolute Gasteiger partial charge is 0.481 e. The lowest BCUT2D eigenvalue weighted by Crippen LogP contribution is -2.10. The Bertz CT molecular complexity index is 360. The molecule has 0 aliphatic rings. The number of hydrogen-bond donors (Lipinski definition) is 1. The first-order valence-electron chi connectivity index (χ1n) is 5.78. The van der Waals surface area contributed by atoms with Gasteiger partial charge in [-0.05, 0) is 16.5 Å². The molecule has 0 spiro atoms. The van der Waals surface area contributed by atoms with Gasteiger partial charge in [-0.1, -0.05) is 45.0 Å². The molecule has 0 unspecified atom stereocenters. The molecule has 3 nitrogen and oxygen atoms in total. The van der Waals surface area contributed by atoms with Crippen LogP contribution in [0.4, 0.5) is 0 Å². The van der Waals surface area contributed by atoms with E-state index in [1.807, 2.05) is 12.1 Å². The number of aliphatic carboxylic acids is 1. The Balaban J connectivity index is 2.43. The molecule has 0 radical (unpaired) electrons. The van der Waals surface area contributed by atoms with Crippen molar-refractivity contribution < 1.29 is 14.6 Å². The molecular weight excluding hydrogens is 216 g/mol. The number of benzene rings is 1. The van der Waals surface area contributed by atoms with Gasteiger partial charge >= 0.3 is 5.97 Å². The summed E-state index contributed by atoms with van der Waals surface area (Å²) in [7, 11) is 0. The number of carbonyl (C=O) groups is 1. The Morgan fingerprint density at radius 2 is 1.82 bits per heavy atom. The van der Waals surface area contributed by atoms with Crippen LogP contribution >= 0.6 is 0 Å². The van der Waals surface area contributed by atoms with Crippen molar-refractivity contribution in [2.45, 2.75) is 39.2 Å². The van der Waals surface area contributed by atoms with E-state index in [-0.39, 0.29) is 18.4 Å². The molecule has 0 aliphatic carbocycles. The maximum Gasteiger partial charge on any atom is 0.305 e. The molecule has 0 atom stereocenters. The van der Waals surface area contributed by atoms with E-state index < -0.39 is 5.97 Å². The van der Waals surface area contributed by atoms with Crippen LogP contribution in [0.25, 0.3) is 0 Å². The van der Waals surface area contributed by atoms with Crippen molar-refractivity contribution in [3.8, 4) is 0 Å². The Kier molecular flexibility index (Phi) is 4.70. The molecule has 0 aliphatic heterocycles. The lowest BCUT2D eigenvalue weighted by molar-refractivity contribution is -0.138. The van der Waals surface area contributed by atoms with Crippen molar-refractivity contribution >= 4 is 5.97 Å². The molecule has 1 aromatic carbocycles.